The van der Waals surface area contributed by atoms with Crippen molar-refractivity contribution in [3.8, 4) is 0 Å². The van der Waals surface area contributed by atoms with Crippen molar-refractivity contribution >= 4 is 21.4 Å². The smallest absolute Gasteiger partial charge is 0.240 e. The Bertz CT molecular complexity index is 706. The molecule has 0 amide bonds. The Morgan fingerprint density at radius 1 is 1.20 bits per heavy atom. The lowest BCUT2D eigenvalue weighted by Crippen LogP contribution is -2.23. The monoisotopic (exact) mass is 310 g/mol. The van der Waals surface area contributed by atoms with Crippen LogP contribution in [0.25, 0.3) is 0 Å². The van der Waals surface area contributed by atoms with Crippen molar-refractivity contribution in [2.45, 2.75) is 31.8 Å². The van der Waals surface area contributed by atoms with Gasteiger partial charge in [-0.25, -0.2) is 13.1 Å². The fourth-order valence-electron chi connectivity index (χ4n) is 1.86. The Kier molecular flexibility index (Phi) is 4.59. The highest BCUT2D eigenvalue weighted by Crippen LogP contribution is 2.18. The van der Waals surface area contributed by atoms with E-state index in [0.29, 0.717) is 13.1 Å². The predicted octanol–water partition coefficient (Wildman–Crippen LogP) is 2.30. The number of rotatable bonds is 5. The van der Waals surface area contributed by atoms with Crippen LogP contribution in [0.15, 0.2) is 34.5 Å². The van der Waals surface area contributed by atoms with Crippen molar-refractivity contribution in [2.24, 2.45) is 5.73 Å². The van der Waals surface area contributed by atoms with Crippen LogP contribution in [0.3, 0.4) is 0 Å². The van der Waals surface area contributed by atoms with Gasteiger partial charge in [0.2, 0.25) is 10.0 Å². The fraction of sp³-hybridized carbons (Fsp3) is 0.286. The summed E-state index contributed by atoms with van der Waals surface area (Å²) in [4.78, 5) is 1.29. The summed E-state index contributed by atoms with van der Waals surface area (Å²) in [7, 11) is -3.50. The number of nitrogens with one attached hydrogen (secondary N) is 1. The Morgan fingerprint density at radius 3 is 2.55 bits per heavy atom. The van der Waals surface area contributed by atoms with Crippen LogP contribution in [0, 0.1) is 13.8 Å². The third kappa shape index (κ3) is 3.27. The summed E-state index contributed by atoms with van der Waals surface area (Å²) in [6.45, 7) is 4.54. The van der Waals surface area contributed by atoms with E-state index in [-0.39, 0.29) is 4.90 Å². The molecule has 0 radical (unpaired) electrons. The molecule has 2 aromatic rings. The van der Waals surface area contributed by atoms with Crippen LogP contribution in [0.5, 0.6) is 0 Å². The minimum Gasteiger partial charge on any atom is -0.326 e. The van der Waals surface area contributed by atoms with Crippen LogP contribution in [0.2, 0.25) is 0 Å². The Balaban J connectivity index is 2.20. The molecular weight excluding hydrogens is 292 g/mol. The highest BCUT2D eigenvalue weighted by molar-refractivity contribution is 7.89. The predicted molar refractivity (Wildman–Crippen MR) is 82.2 cm³/mol. The maximum Gasteiger partial charge on any atom is 0.240 e. The van der Waals surface area contributed by atoms with Crippen LogP contribution in [-0.4, -0.2) is 8.42 Å². The molecule has 0 fully saturated rings. The van der Waals surface area contributed by atoms with Crippen molar-refractivity contribution in [3.63, 3.8) is 0 Å². The first-order valence-electron chi connectivity index (χ1n) is 6.26. The summed E-state index contributed by atoms with van der Waals surface area (Å²) in [5.74, 6) is 0. The lowest BCUT2D eigenvalue weighted by atomic mass is 10.1. The van der Waals surface area contributed by atoms with Crippen molar-refractivity contribution in [2.75, 3.05) is 0 Å². The second kappa shape index (κ2) is 6.05. The Labute approximate surface area is 123 Å². The molecule has 4 nitrogen and oxygen atoms in total. The molecule has 1 aromatic carbocycles. The number of nitrogens with two attached hydrogens (primary N) is 1. The lowest BCUT2D eigenvalue weighted by molar-refractivity contribution is 0.581. The minimum absolute atomic E-state index is 0.262. The fourth-order valence-corrected chi connectivity index (χ4v) is 3.85. The van der Waals surface area contributed by atoms with Gasteiger partial charge in [0.1, 0.15) is 0 Å². The highest BCUT2D eigenvalue weighted by Gasteiger charge is 2.15. The number of aryl methyl sites for hydroxylation is 2. The topological polar surface area (TPSA) is 72.2 Å². The van der Waals surface area contributed by atoms with Gasteiger partial charge >= 0.3 is 0 Å². The van der Waals surface area contributed by atoms with E-state index in [1.54, 1.807) is 29.5 Å². The van der Waals surface area contributed by atoms with E-state index in [4.69, 9.17) is 5.73 Å². The number of benzene rings is 1. The zero-order valence-corrected chi connectivity index (χ0v) is 13.1. The molecule has 0 spiro atoms. The van der Waals surface area contributed by atoms with Gasteiger partial charge in [-0.2, -0.15) is 0 Å². The maximum atomic E-state index is 12.3. The van der Waals surface area contributed by atoms with Crippen LogP contribution < -0.4 is 10.5 Å². The van der Waals surface area contributed by atoms with Gasteiger partial charge in [0.25, 0.3) is 0 Å². The highest BCUT2D eigenvalue weighted by atomic mass is 32.2. The van der Waals surface area contributed by atoms with Gasteiger partial charge in [0, 0.05) is 18.0 Å². The molecule has 108 valence electrons. The van der Waals surface area contributed by atoms with Gasteiger partial charge in [-0.15, -0.1) is 11.3 Å². The summed E-state index contributed by atoms with van der Waals surface area (Å²) in [5, 5.41) is 1.96. The molecule has 0 aliphatic carbocycles. The number of sulfonamides is 1. The van der Waals surface area contributed by atoms with E-state index in [0.717, 1.165) is 21.6 Å². The second-order valence-electron chi connectivity index (χ2n) is 4.64. The van der Waals surface area contributed by atoms with Crippen LogP contribution in [0.4, 0.5) is 0 Å². The Hall–Kier alpha value is -1.21. The molecule has 0 aliphatic heterocycles. The normalized spacial score (nSPS) is 11.8. The molecule has 0 saturated heterocycles. The maximum absolute atomic E-state index is 12.3. The van der Waals surface area contributed by atoms with E-state index in [9.17, 15) is 8.42 Å². The lowest BCUT2D eigenvalue weighted by Gasteiger charge is -2.09. The largest absolute Gasteiger partial charge is 0.326 e. The van der Waals surface area contributed by atoms with Crippen LogP contribution in [-0.2, 0) is 23.1 Å². The van der Waals surface area contributed by atoms with Crippen LogP contribution >= 0.6 is 11.3 Å². The first-order valence-corrected chi connectivity index (χ1v) is 8.62. The molecule has 0 saturated carbocycles. The summed E-state index contributed by atoms with van der Waals surface area (Å²) < 4.78 is 27.2. The van der Waals surface area contributed by atoms with Gasteiger partial charge in [-0.05, 0) is 54.1 Å². The van der Waals surface area contributed by atoms with E-state index < -0.39 is 10.0 Å². The molecule has 20 heavy (non-hydrogen) atoms. The van der Waals surface area contributed by atoms with Crippen molar-refractivity contribution in [3.05, 3.63) is 51.2 Å². The average molecular weight is 310 g/mol. The molecular formula is C14H18N2O2S2. The van der Waals surface area contributed by atoms with Crippen molar-refractivity contribution in [1.82, 2.24) is 4.72 Å². The molecule has 6 heteroatoms. The third-order valence-corrected chi connectivity index (χ3v) is 5.66. The quantitative estimate of drug-likeness (QED) is 0.890. The molecule has 3 N–H and O–H groups in total. The molecule has 0 atom stereocenters. The molecule has 2 rings (SSSR count). The first kappa shape index (κ1) is 15.2. The minimum atomic E-state index is -3.50. The summed E-state index contributed by atoms with van der Waals surface area (Å²) in [5.41, 5.74) is 8.57. The molecule has 0 aliphatic rings. The Morgan fingerprint density at radius 2 is 1.95 bits per heavy atom. The number of hydrogen-bond acceptors (Lipinski definition) is 4. The van der Waals surface area contributed by atoms with Gasteiger partial charge < -0.3 is 5.73 Å². The zero-order chi connectivity index (χ0) is 14.8. The third-order valence-electron chi connectivity index (χ3n) is 3.24. The summed E-state index contributed by atoms with van der Waals surface area (Å²) in [6.07, 6.45) is 0. The van der Waals surface area contributed by atoms with Gasteiger partial charge in [0.15, 0.2) is 0 Å². The van der Waals surface area contributed by atoms with E-state index >= 15 is 0 Å². The standard InChI is InChI=1S/C14H18N2O2S2/c1-10-3-4-13(7-12(10)8-15)20(17,18)16-9-14-11(2)5-6-19-14/h3-7,16H,8-9,15H2,1-2H3. The molecule has 1 aromatic heterocycles. The van der Waals surface area contributed by atoms with Gasteiger partial charge in [-0.3, -0.25) is 0 Å². The summed E-state index contributed by atoms with van der Waals surface area (Å²) in [6, 6.07) is 7.01. The molecule has 1 heterocycles. The van der Waals surface area contributed by atoms with E-state index in [1.165, 1.54) is 0 Å². The zero-order valence-electron chi connectivity index (χ0n) is 11.5. The van der Waals surface area contributed by atoms with Gasteiger partial charge in [0.05, 0.1) is 4.90 Å². The average Bonchev–Trinajstić information content (AvgIpc) is 2.82. The van der Waals surface area contributed by atoms with E-state index in [2.05, 4.69) is 4.72 Å². The molecule has 0 bridgehead atoms. The number of hydrogen-bond donors (Lipinski definition) is 2. The second-order valence-corrected chi connectivity index (χ2v) is 7.41. The number of thiophene rings is 1. The van der Waals surface area contributed by atoms with Crippen molar-refractivity contribution in [1.29, 1.82) is 0 Å². The molecule has 0 unspecified atom stereocenters. The van der Waals surface area contributed by atoms with Crippen molar-refractivity contribution < 1.29 is 8.42 Å². The SMILES string of the molecule is Cc1ccc(S(=O)(=O)NCc2sccc2C)cc1CN. The van der Waals surface area contributed by atoms with E-state index in [1.807, 2.05) is 25.3 Å². The first-order chi connectivity index (χ1) is 9.44. The van der Waals surface area contributed by atoms with Crippen LogP contribution in [0.1, 0.15) is 21.6 Å². The van der Waals surface area contributed by atoms with Gasteiger partial charge in [-0.1, -0.05) is 6.07 Å². The summed E-state index contributed by atoms with van der Waals surface area (Å²) >= 11 is 1.55.